The topological polar surface area (TPSA) is 68.7 Å². The van der Waals surface area contributed by atoms with Crippen molar-refractivity contribution in [3.8, 4) is 0 Å². The Hall–Kier alpha value is -2.46. The molecule has 0 saturated heterocycles. The highest BCUT2D eigenvalue weighted by atomic mass is 19.4. The summed E-state index contributed by atoms with van der Waals surface area (Å²) in [6.07, 6.45) is -8.22. The molecule has 6 nitrogen and oxygen atoms in total. The van der Waals surface area contributed by atoms with Crippen LogP contribution < -0.4 is 4.90 Å². The van der Waals surface area contributed by atoms with Crippen LogP contribution in [0.3, 0.4) is 0 Å². The number of nitrogens with zero attached hydrogens (tertiary/aromatic N) is 2. The van der Waals surface area contributed by atoms with Crippen molar-refractivity contribution in [3.05, 3.63) is 23.4 Å². The van der Waals surface area contributed by atoms with Crippen molar-refractivity contribution in [2.45, 2.75) is 58.9 Å². The van der Waals surface area contributed by atoms with Crippen molar-refractivity contribution in [2.75, 3.05) is 4.90 Å². The van der Waals surface area contributed by atoms with Gasteiger partial charge in [0, 0.05) is 0 Å². The molecule has 0 radical (unpaired) electrons. The fourth-order valence-corrected chi connectivity index (χ4v) is 1.68. The molecule has 0 bridgehead atoms. The van der Waals surface area contributed by atoms with Gasteiger partial charge in [-0.1, -0.05) is 0 Å². The quantitative estimate of drug-likeness (QED) is 0.489. The maximum absolute atomic E-state index is 14.2. The Morgan fingerprint density at radius 3 is 1.67 bits per heavy atom. The van der Waals surface area contributed by atoms with Crippen molar-refractivity contribution in [2.24, 2.45) is 0 Å². The number of amides is 2. The van der Waals surface area contributed by atoms with E-state index in [9.17, 15) is 31.5 Å². The molecule has 0 spiro atoms. The first-order chi connectivity index (χ1) is 11.9. The van der Waals surface area contributed by atoms with E-state index in [-0.39, 0.29) is 11.0 Å². The minimum atomic E-state index is -5.22. The molecule has 0 atom stereocenters. The SMILES string of the molecule is CC(C)(C)OC(=O)N(C(=O)OC(C)(C)C)c1nc(F)c(C(F)(F)F)cc1F. The van der Waals surface area contributed by atoms with Gasteiger partial charge in [-0.05, 0) is 47.6 Å². The maximum atomic E-state index is 14.2. The third kappa shape index (κ3) is 6.33. The Bertz CT molecular complexity index is 708. The lowest BCUT2D eigenvalue weighted by molar-refractivity contribution is -0.140. The first-order valence-corrected chi connectivity index (χ1v) is 7.62. The molecule has 27 heavy (non-hydrogen) atoms. The summed E-state index contributed by atoms with van der Waals surface area (Å²) >= 11 is 0. The zero-order valence-electron chi connectivity index (χ0n) is 15.5. The summed E-state index contributed by atoms with van der Waals surface area (Å²) in [5.41, 5.74) is -4.30. The lowest BCUT2D eigenvalue weighted by Crippen LogP contribution is -2.44. The molecule has 0 N–H and O–H groups in total. The molecule has 1 aromatic heterocycles. The molecule has 11 heteroatoms. The number of anilines is 1. The number of aromatic nitrogens is 1. The fraction of sp³-hybridized carbons (Fsp3) is 0.562. The Kier molecular flexibility index (Phi) is 6.09. The van der Waals surface area contributed by atoms with Crippen LogP contribution in [0.4, 0.5) is 37.4 Å². The predicted octanol–water partition coefficient (Wildman–Crippen LogP) is 5.06. The molecule has 0 saturated carbocycles. The van der Waals surface area contributed by atoms with Gasteiger partial charge >= 0.3 is 18.4 Å². The number of halogens is 5. The Labute approximate surface area is 152 Å². The van der Waals surface area contributed by atoms with Gasteiger partial charge in [0.15, 0.2) is 11.6 Å². The molecule has 0 unspecified atom stereocenters. The van der Waals surface area contributed by atoms with Crippen LogP contribution in [0.25, 0.3) is 0 Å². The molecule has 2 amide bonds. The van der Waals surface area contributed by atoms with E-state index in [1.165, 1.54) is 41.5 Å². The van der Waals surface area contributed by atoms with E-state index in [1.807, 2.05) is 0 Å². The van der Waals surface area contributed by atoms with Crippen molar-refractivity contribution < 1.29 is 41.0 Å². The van der Waals surface area contributed by atoms with Crippen LogP contribution in [0.15, 0.2) is 6.07 Å². The normalized spacial score (nSPS) is 12.6. The van der Waals surface area contributed by atoms with Gasteiger partial charge in [0.05, 0.1) is 0 Å². The maximum Gasteiger partial charge on any atom is 0.425 e. The highest BCUT2D eigenvalue weighted by Gasteiger charge is 2.40. The largest absolute Gasteiger partial charge is 0.443 e. The summed E-state index contributed by atoms with van der Waals surface area (Å²) in [6, 6.07) is -0.209. The second-order valence-corrected chi connectivity index (χ2v) is 7.43. The lowest BCUT2D eigenvalue weighted by atomic mass is 10.2. The molecule has 0 aliphatic carbocycles. The zero-order chi connectivity index (χ0) is 21.4. The average Bonchev–Trinajstić information content (AvgIpc) is 2.36. The van der Waals surface area contributed by atoms with Gasteiger partial charge in [-0.3, -0.25) is 0 Å². The van der Waals surface area contributed by atoms with E-state index in [0.717, 1.165) is 0 Å². The number of pyridine rings is 1. The smallest absolute Gasteiger partial charge is 0.425 e. The van der Waals surface area contributed by atoms with E-state index in [2.05, 4.69) is 4.98 Å². The summed E-state index contributed by atoms with van der Waals surface area (Å²) in [7, 11) is 0. The van der Waals surface area contributed by atoms with Gasteiger partial charge in [-0.25, -0.2) is 14.0 Å². The van der Waals surface area contributed by atoms with Gasteiger partial charge in [-0.15, -0.1) is 0 Å². The van der Waals surface area contributed by atoms with Crippen molar-refractivity contribution in [3.63, 3.8) is 0 Å². The first-order valence-electron chi connectivity index (χ1n) is 7.62. The third-order valence-corrected chi connectivity index (χ3v) is 2.58. The average molecular weight is 398 g/mol. The molecule has 0 aromatic carbocycles. The van der Waals surface area contributed by atoms with Gasteiger partial charge < -0.3 is 9.47 Å². The summed E-state index contributed by atoms with van der Waals surface area (Å²) in [5.74, 6) is -5.19. The second kappa shape index (κ2) is 7.28. The van der Waals surface area contributed by atoms with E-state index in [1.54, 1.807) is 0 Å². The number of rotatable bonds is 1. The molecule has 1 heterocycles. The number of carbonyl (C=O) groups is 2. The minimum absolute atomic E-state index is 0.102. The Morgan fingerprint density at radius 1 is 0.926 bits per heavy atom. The molecule has 0 aliphatic rings. The monoisotopic (exact) mass is 398 g/mol. The van der Waals surface area contributed by atoms with Gasteiger partial charge in [0.1, 0.15) is 16.8 Å². The van der Waals surface area contributed by atoms with Crippen LogP contribution >= 0.6 is 0 Å². The van der Waals surface area contributed by atoms with E-state index in [0.29, 0.717) is 0 Å². The van der Waals surface area contributed by atoms with Crippen LogP contribution in [-0.2, 0) is 15.7 Å². The Balaban J connectivity index is 3.49. The fourth-order valence-electron chi connectivity index (χ4n) is 1.68. The molecular weight excluding hydrogens is 379 g/mol. The second-order valence-electron chi connectivity index (χ2n) is 7.43. The van der Waals surface area contributed by atoms with Gasteiger partial charge in [0.25, 0.3) is 0 Å². The number of hydrogen-bond donors (Lipinski definition) is 0. The van der Waals surface area contributed by atoms with E-state index >= 15 is 0 Å². The molecule has 1 aromatic rings. The van der Waals surface area contributed by atoms with Crippen molar-refractivity contribution >= 4 is 18.0 Å². The van der Waals surface area contributed by atoms with Crippen LogP contribution in [-0.4, -0.2) is 28.4 Å². The zero-order valence-corrected chi connectivity index (χ0v) is 15.5. The number of hydrogen-bond acceptors (Lipinski definition) is 5. The van der Waals surface area contributed by atoms with Crippen molar-refractivity contribution in [1.82, 2.24) is 4.98 Å². The molecule has 0 fully saturated rings. The van der Waals surface area contributed by atoms with Crippen LogP contribution in [0, 0.1) is 11.8 Å². The molecule has 0 aliphatic heterocycles. The standard InChI is InChI=1S/C16H19F5N2O4/c1-14(2,3)26-12(24)23(13(25)27-15(4,5)6)11-9(17)7-8(10(18)22-11)16(19,20)21/h7H,1-6H3. The number of imide groups is 1. The predicted molar refractivity (Wildman–Crippen MR) is 84.1 cm³/mol. The molecular formula is C16H19F5N2O4. The van der Waals surface area contributed by atoms with E-state index < -0.39 is 52.7 Å². The Morgan fingerprint density at radius 2 is 1.33 bits per heavy atom. The third-order valence-electron chi connectivity index (χ3n) is 2.58. The summed E-state index contributed by atoms with van der Waals surface area (Å²) in [6.45, 7) is 8.56. The van der Waals surface area contributed by atoms with Crippen LogP contribution in [0.2, 0.25) is 0 Å². The van der Waals surface area contributed by atoms with Gasteiger partial charge in [0.2, 0.25) is 5.95 Å². The van der Waals surface area contributed by atoms with Crippen LogP contribution in [0.1, 0.15) is 47.1 Å². The minimum Gasteiger partial charge on any atom is -0.443 e. The number of ether oxygens (including phenoxy) is 2. The first kappa shape index (κ1) is 22.6. The number of alkyl halides is 3. The van der Waals surface area contributed by atoms with E-state index in [4.69, 9.17) is 9.47 Å². The lowest BCUT2D eigenvalue weighted by Gasteiger charge is -2.28. The van der Waals surface area contributed by atoms with Crippen molar-refractivity contribution in [1.29, 1.82) is 0 Å². The summed E-state index contributed by atoms with van der Waals surface area (Å²) in [5, 5.41) is 0. The summed E-state index contributed by atoms with van der Waals surface area (Å²) in [4.78, 5) is 27.3. The molecule has 1 rings (SSSR count). The highest BCUT2D eigenvalue weighted by molar-refractivity contribution is 6.08. The molecule has 152 valence electrons. The van der Waals surface area contributed by atoms with Crippen LogP contribution in [0.5, 0.6) is 0 Å². The highest BCUT2D eigenvalue weighted by Crippen LogP contribution is 2.33. The number of carbonyl (C=O) groups excluding carboxylic acids is 2. The summed E-state index contributed by atoms with van der Waals surface area (Å²) < 4.78 is 75.8. The van der Waals surface area contributed by atoms with Gasteiger partial charge in [-0.2, -0.15) is 27.4 Å².